The van der Waals surface area contributed by atoms with E-state index in [4.69, 9.17) is 14.9 Å². The highest BCUT2D eigenvalue weighted by atomic mass is 16.5. The lowest BCUT2D eigenvalue weighted by Crippen LogP contribution is -2.37. The van der Waals surface area contributed by atoms with Crippen molar-refractivity contribution < 1.29 is 19.7 Å². The van der Waals surface area contributed by atoms with Crippen molar-refractivity contribution in [1.82, 2.24) is 9.47 Å². The Balaban J connectivity index is 2.77. The van der Waals surface area contributed by atoms with Gasteiger partial charge in [-0.15, -0.1) is 0 Å². The summed E-state index contributed by atoms with van der Waals surface area (Å²) in [5.74, 6) is -0.195. The molecule has 1 amide bonds. The number of ether oxygens (including phenoxy) is 1. The molecule has 0 aromatic carbocycles. The van der Waals surface area contributed by atoms with E-state index in [9.17, 15) is 4.79 Å². The minimum atomic E-state index is -0.195. The first kappa shape index (κ1) is 14.7. The first-order chi connectivity index (χ1) is 8.74. The molecule has 0 unspecified atom stereocenters. The van der Waals surface area contributed by atoms with Gasteiger partial charge in [-0.05, 0) is 12.1 Å². The summed E-state index contributed by atoms with van der Waals surface area (Å²) in [4.78, 5) is 13.6. The fourth-order valence-electron chi connectivity index (χ4n) is 1.71. The van der Waals surface area contributed by atoms with Gasteiger partial charge in [-0.1, -0.05) is 0 Å². The van der Waals surface area contributed by atoms with E-state index in [0.717, 1.165) is 0 Å². The van der Waals surface area contributed by atoms with Crippen LogP contribution in [0, 0.1) is 0 Å². The molecular formula is C12H20N2O4. The Labute approximate surface area is 106 Å². The Morgan fingerprint density at radius 1 is 1.39 bits per heavy atom. The van der Waals surface area contributed by atoms with Crippen LogP contribution in [0.5, 0.6) is 0 Å². The molecular weight excluding hydrogens is 236 g/mol. The van der Waals surface area contributed by atoms with E-state index in [1.54, 1.807) is 23.8 Å². The molecule has 18 heavy (non-hydrogen) atoms. The Morgan fingerprint density at radius 2 is 2.06 bits per heavy atom. The van der Waals surface area contributed by atoms with Gasteiger partial charge in [-0.3, -0.25) is 4.79 Å². The van der Waals surface area contributed by atoms with Crippen molar-refractivity contribution in [2.24, 2.45) is 0 Å². The molecule has 0 fully saturated rings. The number of carbonyl (C=O) groups excluding carboxylic acids is 1. The summed E-state index contributed by atoms with van der Waals surface area (Å²) in [6.07, 6.45) is 1.81. The summed E-state index contributed by atoms with van der Waals surface area (Å²) in [5.41, 5.74) is 0.536. The molecule has 1 heterocycles. The lowest BCUT2D eigenvalue weighted by Gasteiger charge is -2.21. The summed E-state index contributed by atoms with van der Waals surface area (Å²) >= 11 is 0. The Hall–Kier alpha value is -1.37. The number of aromatic nitrogens is 1. The van der Waals surface area contributed by atoms with Gasteiger partial charge in [0.2, 0.25) is 0 Å². The van der Waals surface area contributed by atoms with Crippen molar-refractivity contribution in [3.63, 3.8) is 0 Å². The van der Waals surface area contributed by atoms with E-state index in [2.05, 4.69) is 0 Å². The number of methoxy groups -OCH3 is 1. The van der Waals surface area contributed by atoms with Crippen LogP contribution in [0.3, 0.4) is 0 Å². The van der Waals surface area contributed by atoms with Gasteiger partial charge in [0.15, 0.2) is 0 Å². The molecule has 1 aromatic heterocycles. The third kappa shape index (κ3) is 3.83. The molecule has 6 nitrogen and oxygen atoms in total. The van der Waals surface area contributed by atoms with Crippen molar-refractivity contribution in [2.75, 3.05) is 40.0 Å². The van der Waals surface area contributed by atoms with Gasteiger partial charge >= 0.3 is 0 Å². The van der Waals surface area contributed by atoms with Gasteiger partial charge in [0, 0.05) is 32.9 Å². The predicted molar refractivity (Wildman–Crippen MR) is 66.4 cm³/mol. The first-order valence-electron chi connectivity index (χ1n) is 5.89. The molecule has 0 radical (unpaired) electrons. The maximum Gasteiger partial charge on any atom is 0.270 e. The lowest BCUT2D eigenvalue weighted by molar-refractivity contribution is 0.0672. The first-order valence-corrected chi connectivity index (χ1v) is 5.89. The number of carbonyl (C=O) groups is 1. The van der Waals surface area contributed by atoms with E-state index < -0.39 is 0 Å². The molecule has 1 aromatic rings. The molecule has 0 saturated carbocycles. The summed E-state index contributed by atoms with van der Waals surface area (Å²) in [5, 5.41) is 17.8. The summed E-state index contributed by atoms with van der Waals surface area (Å²) in [6, 6.07) is 3.51. The van der Waals surface area contributed by atoms with Crippen LogP contribution in [0.2, 0.25) is 0 Å². The number of aliphatic hydroxyl groups excluding tert-OH is 2. The summed E-state index contributed by atoms with van der Waals surface area (Å²) < 4.78 is 6.78. The van der Waals surface area contributed by atoms with Crippen LogP contribution in [0.25, 0.3) is 0 Å². The molecule has 1 rings (SSSR count). The molecule has 0 saturated heterocycles. The molecule has 0 bridgehead atoms. The largest absolute Gasteiger partial charge is 0.395 e. The second kappa shape index (κ2) is 7.86. The number of rotatable bonds is 8. The second-order valence-corrected chi connectivity index (χ2v) is 3.82. The van der Waals surface area contributed by atoms with Crippen LogP contribution in [0.1, 0.15) is 10.5 Å². The third-order valence-corrected chi connectivity index (χ3v) is 2.61. The zero-order chi connectivity index (χ0) is 13.4. The smallest absolute Gasteiger partial charge is 0.270 e. The number of aliphatic hydroxyl groups is 2. The number of hydrogen-bond donors (Lipinski definition) is 2. The van der Waals surface area contributed by atoms with Crippen LogP contribution >= 0.6 is 0 Å². The van der Waals surface area contributed by atoms with E-state index in [1.165, 1.54) is 4.90 Å². The van der Waals surface area contributed by atoms with Crippen LogP contribution in [-0.4, -0.2) is 65.6 Å². The Morgan fingerprint density at radius 3 is 2.61 bits per heavy atom. The monoisotopic (exact) mass is 256 g/mol. The van der Waals surface area contributed by atoms with E-state index >= 15 is 0 Å². The molecule has 0 aliphatic carbocycles. The van der Waals surface area contributed by atoms with Crippen molar-refractivity contribution >= 4 is 5.91 Å². The lowest BCUT2D eigenvalue weighted by atomic mass is 10.3. The van der Waals surface area contributed by atoms with Crippen LogP contribution in [-0.2, 0) is 11.3 Å². The van der Waals surface area contributed by atoms with Gasteiger partial charge in [-0.2, -0.15) is 0 Å². The normalized spacial score (nSPS) is 10.6. The zero-order valence-corrected chi connectivity index (χ0v) is 10.6. The van der Waals surface area contributed by atoms with E-state index in [-0.39, 0.29) is 32.2 Å². The highest BCUT2D eigenvalue weighted by Crippen LogP contribution is 2.07. The SMILES string of the molecule is COCCn1cccc1C(=O)N(CCO)CCO. The van der Waals surface area contributed by atoms with Gasteiger partial charge in [0.25, 0.3) is 5.91 Å². The fraction of sp³-hybridized carbons (Fsp3) is 0.583. The average molecular weight is 256 g/mol. The molecule has 2 N–H and O–H groups in total. The Bertz CT molecular complexity index is 359. The summed E-state index contributed by atoms with van der Waals surface area (Å²) in [7, 11) is 1.61. The molecule has 6 heteroatoms. The third-order valence-electron chi connectivity index (χ3n) is 2.61. The standard InChI is InChI=1S/C12H20N2O4/c1-18-10-7-13-4-2-3-11(13)12(17)14(5-8-15)6-9-16/h2-4,15-16H,5-10H2,1H3. The topological polar surface area (TPSA) is 74.9 Å². The molecule has 102 valence electrons. The Kier molecular flexibility index (Phi) is 6.42. The van der Waals surface area contributed by atoms with Crippen LogP contribution < -0.4 is 0 Å². The minimum Gasteiger partial charge on any atom is -0.395 e. The van der Waals surface area contributed by atoms with Crippen LogP contribution in [0.15, 0.2) is 18.3 Å². The summed E-state index contributed by atoms with van der Waals surface area (Å²) in [6.45, 7) is 1.31. The number of amides is 1. The highest BCUT2D eigenvalue weighted by molar-refractivity contribution is 5.92. The van der Waals surface area contributed by atoms with Crippen molar-refractivity contribution in [3.05, 3.63) is 24.0 Å². The van der Waals surface area contributed by atoms with Gasteiger partial charge in [0.1, 0.15) is 5.69 Å². The molecule has 0 aliphatic heterocycles. The van der Waals surface area contributed by atoms with E-state index in [1.807, 2.05) is 6.20 Å². The van der Waals surface area contributed by atoms with Gasteiger partial charge in [-0.25, -0.2) is 0 Å². The molecule has 0 spiro atoms. The van der Waals surface area contributed by atoms with E-state index in [0.29, 0.717) is 18.8 Å². The molecule has 0 atom stereocenters. The van der Waals surface area contributed by atoms with Gasteiger partial charge < -0.3 is 24.4 Å². The minimum absolute atomic E-state index is 0.121. The maximum absolute atomic E-state index is 12.2. The quantitative estimate of drug-likeness (QED) is 0.661. The number of hydrogen-bond acceptors (Lipinski definition) is 4. The zero-order valence-electron chi connectivity index (χ0n) is 10.6. The predicted octanol–water partition coefficient (Wildman–Crippen LogP) is -0.439. The fourth-order valence-corrected chi connectivity index (χ4v) is 1.71. The number of nitrogens with zero attached hydrogens (tertiary/aromatic N) is 2. The average Bonchev–Trinajstić information content (AvgIpc) is 2.83. The highest BCUT2D eigenvalue weighted by Gasteiger charge is 2.17. The molecule has 0 aliphatic rings. The maximum atomic E-state index is 12.2. The van der Waals surface area contributed by atoms with Crippen LogP contribution in [0.4, 0.5) is 0 Å². The van der Waals surface area contributed by atoms with Crippen molar-refractivity contribution in [1.29, 1.82) is 0 Å². The van der Waals surface area contributed by atoms with Gasteiger partial charge in [0.05, 0.1) is 19.8 Å². The van der Waals surface area contributed by atoms with Crippen molar-refractivity contribution in [3.8, 4) is 0 Å². The van der Waals surface area contributed by atoms with Crippen molar-refractivity contribution in [2.45, 2.75) is 6.54 Å². The second-order valence-electron chi connectivity index (χ2n) is 3.82.